The van der Waals surface area contributed by atoms with Crippen molar-refractivity contribution < 1.29 is 5.11 Å². The number of hydrogen-bond donors (Lipinski definition) is 2. The zero-order chi connectivity index (χ0) is 6.57. The van der Waals surface area contributed by atoms with Gasteiger partial charge in [0.25, 0.3) is 0 Å². The number of rotatable bonds is 3. The van der Waals surface area contributed by atoms with E-state index in [1.807, 2.05) is 0 Å². The van der Waals surface area contributed by atoms with E-state index >= 15 is 0 Å². The predicted octanol–water partition coefficient (Wildman–Crippen LogP) is 0.152. The van der Waals surface area contributed by atoms with Gasteiger partial charge < -0.3 is 10.8 Å². The van der Waals surface area contributed by atoms with Crippen molar-refractivity contribution in [3.8, 4) is 0 Å². The van der Waals surface area contributed by atoms with Crippen LogP contribution in [0.1, 0.15) is 0 Å². The average molecular weight is 158 g/mol. The summed E-state index contributed by atoms with van der Waals surface area (Å²) in [4.78, 5) is 0. The van der Waals surface area contributed by atoms with Gasteiger partial charge in [-0.3, -0.25) is 0 Å². The van der Waals surface area contributed by atoms with Crippen LogP contribution in [0.2, 0.25) is 0 Å². The number of hydrogen-bond acceptors (Lipinski definition) is 2. The molecule has 0 saturated heterocycles. The molecular weight excluding hydrogens is 149 g/mol. The molecule has 50 valence electrons. The molecule has 4 heteroatoms. The Labute approximate surface area is 58.6 Å². The molecule has 0 aliphatic heterocycles. The molecule has 0 aromatic rings. The first-order chi connectivity index (χ1) is 3.72. The fraction of sp³-hybridized carbons (Fsp3) is 1.00. The third-order valence-electron chi connectivity index (χ3n) is 0.830. The Morgan fingerprint density at radius 1 is 1.38 bits per heavy atom. The molecule has 0 amide bonds. The van der Waals surface area contributed by atoms with Crippen molar-refractivity contribution in [3.05, 3.63) is 0 Å². The molecule has 0 saturated carbocycles. The standard InChI is InChI=1S/C4H9Cl2NO/c5-1-3(7)4(8)2-6/h3-4,8H,1-2,7H2/t3-,4+/m0/s1. The van der Waals surface area contributed by atoms with Crippen LogP contribution >= 0.6 is 23.2 Å². The van der Waals surface area contributed by atoms with Crippen molar-refractivity contribution in [1.82, 2.24) is 0 Å². The van der Waals surface area contributed by atoms with Crippen LogP contribution in [0.5, 0.6) is 0 Å². The molecule has 2 nitrogen and oxygen atoms in total. The molecule has 0 heterocycles. The summed E-state index contributed by atoms with van der Waals surface area (Å²) in [5.41, 5.74) is 5.26. The molecule has 0 radical (unpaired) electrons. The minimum Gasteiger partial charge on any atom is -0.390 e. The van der Waals surface area contributed by atoms with E-state index in [4.69, 9.17) is 34.0 Å². The fourth-order valence-corrected chi connectivity index (χ4v) is 0.652. The Kier molecular flexibility index (Phi) is 4.66. The highest BCUT2D eigenvalue weighted by Gasteiger charge is 2.10. The van der Waals surface area contributed by atoms with Gasteiger partial charge in [-0.15, -0.1) is 23.2 Å². The van der Waals surface area contributed by atoms with Gasteiger partial charge in [0.15, 0.2) is 0 Å². The summed E-state index contributed by atoms with van der Waals surface area (Å²) in [7, 11) is 0. The molecule has 0 aromatic carbocycles. The Balaban J connectivity index is 3.29. The SMILES string of the molecule is N[C@@H](CCl)[C@H](O)CCl. The lowest BCUT2D eigenvalue weighted by molar-refractivity contribution is 0.175. The van der Waals surface area contributed by atoms with E-state index in [9.17, 15) is 0 Å². The smallest absolute Gasteiger partial charge is 0.0837 e. The third-order valence-corrected chi connectivity index (χ3v) is 1.50. The minimum atomic E-state index is -0.672. The lowest BCUT2D eigenvalue weighted by Crippen LogP contribution is -2.37. The summed E-state index contributed by atoms with van der Waals surface area (Å²) in [5, 5.41) is 8.79. The molecule has 2 atom stereocenters. The van der Waals surface area contributed by atoms with Crippen molar-refractivity contribution in [3.63, 3.8) is 0 Å². The lowest BCUT2D eigenvalue weighted by atomic mass is 10.2. The number of aliphatic hydroxyl groups is 1. The maximum absolute atomic E-state index is 8.79. The van der Waals surface area contributed by atoms with Crippen LogP contribution in [-0.4, -0.2) is 29.0 Å². The summed E-state index contributed by atoms with van der Waals surface area (Å²) in [6.07, 6.45) is -0.672. The molecule has 0 bridgehead atoms. The molecule has 0 spiro atoms. The van der Waals surface area contributed by atoms with Crippen molar-refractivity contribution in [1.29, 1.82) is 0 Å². The van der Waals surface area contributed by atoms with Crippen LogP contribution in [0.3, 0.4) is 0 Å². The van der Waals surface area contributed by atoms with Crippen LogP contribution in [0, 0.1) is 0 Å². The maximum Gasteiger partial charge on any atom is 0.0837 e. The number of alkyl halides is 2. The van der Waals surface area contributed by atoms with E-state index in [-0.39, 0.29) is 11.8 Å². The maximum atomic E-state index is 8.79. The first kappa shape index (κ1) is 8.50. The van der Waals surface area contributed by atoms with E-state index in [0.717, 1.165) is 0 Å². The minimum absolute atomic E-state index is 0.147. The van der Waals surface area contributed by atoms with Crippen LogP contribution in [-0.2, 0) is 0 Å². The number of halogens is 2. The van der Waals surface area contributed by atoms with Gasteiger partial charge in [-0.05, 0) is 0 Å². The summed E-state index contributed by atoms with van der Waals surface area (Å²) < 4.78 is 0. The van der Waals surface area contributed by atoms with Gasteiger partial charge in [-0.1, -0.05) is 0 Å². The molecule has 0 rings (SSSR count). The molecule has 0 aliphatic rings. The summed E-state index contributed by atoms with van der Waals surface area (Å²) in [5.74, 6) is 0.391. The second kappa shape index (κ2) is 4.39. The molecule has 0 unspecified atom stereocenters. The Morgan fingerprint density at radius 2 is 1.88 bits per heavy atom. The lowest BCUT2D eigenvalue weighted by Gasteiger charge is -2.11. The van der Waals surface area contributed by atoms with Crippen molar-refractivity contribution >= 4 is 23.2 Å². The van der Waals surface area contributed by atoms with E-state index in [0.29, 0.717) is 0 Å². The van der Waals surface area contributed by atoms with Crippen molar-refractivity contribution in [2.75, 3.05) is 11.8 Å². The zero-order valence-electron chi connectivity index (χ0n) is 4.35. The molecule has 0 fully saturated rings. The van der Waals surface area contributed by atoms with Gasteiger partial charge in [0.05, 0.1) is 6.10 Å². The topological polar surface area (TPSA) is 46.2 Å². The van der Waals surface area contributed by atoms with Crippen LogP contribution < -0.4 is 5.73 Å². The van der Waals surface area contributed by atoms with Gasteiger partial charge in [0.1, 0.15) is 0 Å². The molecule has 8 heavy (non-hydrogen) atoms. The highest BCUT2D eigenvalue weighted by molar-refractivity contribution is 6.19. The van der Waals surface area contributed by atoms with E-state index in [1.165, 1.54) is 0 Å². The average Bonchev–Trinajstić information content (AvgIpc) is 1.84. The zero-order valence-corrected chi connectivity index (χ0v) is 5.86. The van der Waals surface area contributed by atoms with Gasteiger partial charge in [0, 0.05) is 17.8 Å². The quantitative estimate of drug-likeness (QED) is 0.574. The van der Waals surface area contributed by atoms with Gasteiger partial charge in [-0.25, -0.2) is 0 Å². The molecule has 0 aliphatic carbocycles. The second-order valence-corrected chi connectivity index (χ2v) is 2.16. The largest absolute Gasteiger partial charge is 0.390 e. The first-order valence-corrected chi connectivity index (χ1v) is 3.34. The van der Waals surface area contributed by atoms with Gasteiger partial charge >= 0.3 is 0 Å². The van der Waals surface area contributed by atoms with Crippen LogP contribution in [0.4, 0.5) is 0 Å². The van der Waals surface area contributed by atoms with Gasteiger partial charge in [-0.2, -0.15) is 0 Å². The van der Waals surface area contributed by atoms with Crippen LogP contribution in [0.15, 0.2) is 0 Å². The van der Waals surface area contributed by atoms with Crippen molar-refractivity contribution in [2.45, 2.75) is 12.1 Å². The molecular formula is C4H9Cl2NO. The fourth-order valence-electron chi connectivity index (χ4n) is 0.217. The second-order valence-electron chi connectivity index (χ2n) is 1.54. The van der Waals surface area contributed by atoms with E-state index in [1.54, 1.807) is 0 Å². The van der Waals surface area contributed by atoms with Gasteiger partial charge in [0.2, 0.25) is 0 Å². The predicted molar refractivity (Wildman–Crippen MR) is 35.4 cm³/mol. The Morgan fingerprint density at radius 3 is 2.00 bits per heavy atom. The van der Waals surface area contributed by atoms with Crippen molar-refractivity contribution in [2.24, 2.45) is 5.73 Å². The Bertz CT molecular complexity index is 54.0. The molecule has 0 aromatic heterocycles. The normalized spacial score (nSPS) is 18.0. The summed E-state index contributed by atoms with van der Waals surface area (Å²) in [6, 6.07) is -0.394. The van der Waals surface area contributed by atoms with E-state index < -0.39 is 12.1 Å². The molecule has 3 N–H and O–H groups in total. The first-order valence-electron chi connectivity index (χ1n) is 2.28. The summed E-state index contributed by atoms with van der Waals surface area (Å²) >= 11 is 10.5. The highest BCUT2D eigenvalue weighted by Crippen LogP contribution is 1.94. The van der Waals surface area contributed by atoms with Crippen LogP contribution in [0.25, 0.3) is 0 Å². The number of nitrogens with two attached hydrogens (primary N) is 1. The highest BCUT2D eigenvalue weighted by atomic mass is 35.5. The third kappa shape index (κ3) is 2.72. The summed E-state index contributed by atoms with van der Waals surface area (Å²) in [6.45, 7) is 0. The Hall–Kier alpha value is 0.500. The van der Waals surface area contributed by atoms with E-state index in [2.05, 4.69) is 0 Å². The monoisotopic (exact) mass is 157 g/mol. The number of aliphatic hydroxyl groups excluding tert-OH is 1.